The number of nitrogens with zero attached hydrogens (tertiary/aromatic N) is 3. The molecule has 44 heavy (non-hydrogen) atoms. The zero-order chi connectivity index (χ0) is 31.2. The summed E-state index contributed by atoms with van der Waals surface area (Å²) in [5.74, 6) is 0.964. The molecule has 6 rings (SSSR count). The molecule has 1 saturated heterocycles. The number of furan rings is 1. The van der Waals surface area contributed by atoms with Crippen molar-refractivity contribution in [3.63, 3.8) is 0 Å². The van der Waals surface area contributed by atoms with Crippen molar-refractivity contribution in [3.8, 4) is 0 Å². The van der Waals surface area contributed by atoms with Gasteiger partial charge in [0, 0.05) is 61.6 Å². The molecule has 2 N–H and O–H groups in total. The van der Waals surface area contributed by atoms with E-state index in [4.69, 9.17) is 4.42 Å². The van der Waals surface area contributed by atoms with Gasteiger partial charge in [0.1, 0.15) is 11.3 Å². The monoisotopic (exact) mass is 595 g/mol. The van der Waals surface area contributed by atoms with Crippen LogP contribution in [0.3, 0.4) is 0 Å². The molecule has 0 bridgehead atoms. The quantitative estimate of drug-likeness (QED) is 0.234. The van der Waals surface area contributed by atoms with Crippen molar-refractivity contribution >= 4 is 34.1 Å². The number of fused-ring (bicyclic) bond motifs is 1. The van der Waals surface area contributed by atoms with Crippen LogP contribution in [0.25, 0.3) is 10.9 Å². The molecule has 2 aliphatic rings. The van der Waals surface area contributed by atoms with Crippen molar-refractivity contribution < 1.29 is 14.0 Å². The van der Waals surface area contributed by atoms with E-state index >= 15 is 0 Å². The molecule has 1 aliphatic heterocycles. The smallest absolute Gasteiger partial charge is 0.250 e. The van der Waals surface area contributed by atoms with E-state index in [9.17, 15) is 9.59 Å². The van der Waals surface area contributed by atoms with Crippen LogP contribution in [0.1, 0.15) is 56.0 Å². The second kappa shape index (κ2) is 11.5. The molecule has 2 fully saturated rings. The number of amides is 2. The number of rotatable bonds is 9. The lowest BCUT2D eigenvalue weighted by atomic mass is 9.83. The van der Waals surface area contributed by atoms with E-state index in [0.717, 1.165) is 35.7 Å². The third-order valence-corrected chi connectivity index (χ3v) is 10.3. The Bertz CT molecular complexity index is 1630. The van der Waals surface area contributed by atoms with Crippen molar-refractivity contribution in [1.29, 1.82) is 0 Å². The Balaban J connectivity index is 1.31. The highest BCUT2D eigenvalue weighted by atomic mass is 16.3. The first-order chi connectivity index (χ1) is 21.0. The Morgan fingerprint density at radius 2 is 1.73 bits per heavy atom. The van der Waals surface area contributed by atoms with Crippen LogP contribution in [0.4, 0.5) is 11.4 Å². The summed E-state index contributed by atoms with van der Waals surface area (Å²) >= 11 is 0. The van der Waals surface area contributed by atoms with Crippen LogP contribution in [-0.4, -0.2) is 66.4 Å². The highest BCUT2D eigenvalue weighted by Gasteiger charge is 2.60. The standard InChI is InChI=1S/C36H45N5O3/c1-24-32(28-11-7-8-12-30(28)37-24)33-29(35(33,2)3)22-31(42)41(23-27-10-9-21-44-27)36(17-19-40(6)20-18-36)34(43)38-25-13-15-26(16-14-25)39(4)5/h7-16,21,29,33,37H,17-20,22-23H2,1-6H3,(H,38,43)/t29-,33-/m0/s1. The van der Waals surface area contributed by atoms with E-state index in [2.05, 4.69) is 67.3 Å². The molecule has 4 aromatic rings. The molecule has 8 heteroatoms. The molecule has 2 atom stereocenters. The third kappa shape index (κ3) is 5.40. The molecule has 3 heterocycles. The Morgan fingerprint density at radius 3 is 2.39 bits per heavy atom. The van der Waals surface area contributed by atoms with E-state index in [-0.39, 0.29) is 35.6 Å². The highest BCUT2D eigenvalue weighted by molar-refractivity contribution is 6.01. The largest absolute Gasteiger partial charge is 0.467 e. The van der Waals surface area contributed by atoms with Gasteiger partial charge in [0.2, 0.25) is 11.8 Å². The lowest BCUT2D eigenvalue weighted by Gasteiger charge is -2.46. The average Bonchev–Trinajstić information content (AvgIpc) is 3.37. The highest BCUT2D eigenvalue weighted by Crippen LogP contribution is 2.67. The number of aryl methyl sites for hydroxylation is 1. The van der Waals surface area contributed by atoms with Gasteiger partial charge in [-0.1, -0.05) is 32.0 Å². The van der Waals surface area contributed by atoms with E-state index < -0.39 is 5.54 Å². The fourth-order valence-electron chi connectivity index (χ4n) is 7.43. The van der Waals surface area contributed by atoms with Gasteiger partial charge in [0.15, 0.2) is 0 Å². The topological polar surface area (TPSA) is 84.8 Å². The van der Waals surface area contributed by atoms with Crippen LogP contribution in [0, 0.1) is 18.3 Å². The summed E-state index contributed by atoms with van der Waals surface area (Å²) in [6, 6.07) is 20.0. The van der Waals surface area contributed by atoms with Crippen LogP contribution < -0.4 is 10.2 Å². The number of H-pyrrole nitrogens is 1. The number of benzene rings is 2. The zero-order valence-electron chi connectivity index (χ0n) is 26.8. The molecule has 0 unspecified atom stereocenters. The zero-order valence-corrected chi connectivity index (χ0v) is 26.8. The lowest BCUT2D eigenvalue weighted by Crippen LogP contribution is -2.62. The first kappa shape index (κ1) is 30.0. The van der Waals surface area contributed by atoms with Crippen LogP contribution in [0.2, 0.25) is 0 Å². The maximum absolute atomic E-state index is 14.6. The second-order valence-electron chi connectivity index (χ2n) is 13.6. The van der Waals surface area contributed by atoms with Gasteiger partial charge in [-0.25, -0.2) is 0 Å². The molecule has 1 aliphatic carbocycles. The van der Waals surface area contributed by atoms with Crippen LogP contribution in [-0.2, 0) is 16.1 Å². The predicted octanol–water partition coefficient (Wildman–Crippen LogP) is 6.40. The minimum absolute atomic E-state index is 0.00197. The summed E-state index contributed by atoms with van der Waals surface area (Å²) < 4.78 is 5.77. The Hall–Kier alpha value is -4.04. The molecule has 8 nitrogen and oxygen atoms in total. The number of hydrogen-bond donors (Lipinski definition) is 2. The summed E-state index contributed by atoms with van der Waals surface area (Å²) in [6.45, 7) is 8.37. The maximum Gasteiger partial charge on any atom is 0.250 e. The number of likely N-dealkylation sites (tertiary alicyclic amines) is 1. The molecule has 0 spiro atoms. The van der Waals surface area contributed by atoms with Crippen LogP contribution >= 0.6 is 0 Å². The van der Waals surface area contributed by atoms with Crippen molar-refractivity contribution in [3.05, 3.63) is 83.9 Å². The number of piperidine rings is 1. The Kier molecular flexibility index (Phi) is 7.82. The normalized spacial score (nSPS) is 20.8. The number of anilines is 2. The van der Waals surface area contributed by atoms with Crippen molar-refractivity contribution in [1.82, 2.24) is 14.8 Å². The average molecular weight is 596 g/mol. The Labute approximate surface area is 260 Å². The SMILES string of the molecule is Cc1[nH]c2ccccc2c1[C@@H]1[C@H](CC(=O)N(Cc2ccco2)C2(C(=O)Nc3ccc(N(C)C)cc3)CCN(C)CC2)C1(C)C. The van der Waals surface area contributed by atoms with Gasteiger partial charge in [0.05, 0.1) is 12.8 Å². The minimum atomic E-state index is -0.998. The summed E-state index contributed by atoms with van der Waals surface area (Å²) in [6.07, 6.45) is 3.11. The van der Waals surface area contributed by atoms with Crippen molar-refractivity contribution in [2.45, 2.75) is 58.0 Å². The minimum Gasteiger partial charge on any atom is -0.467 e. The van der Waals surface area contributed by atoms with Crippen LogP contribution in [0.15, 0.2) is 71.3 Å². The molecular weight excluding hydrogens is 550 g/mol. The van der Waals surface area contributed by atoms with E-state index in [0.29, 0.717) is 25.0 Å². The second-order valence-corrected chi connectivity index (χ2v) is 13.6. The Morgan fingerprint density at radius 1 is 1.02 bits per heavy atom. The number of carbonyl (C=O) groups is 2. The fraction of sp³-hybridized carbons (Fsp3) is 0.444. The molecule has 2 aromatic heterocycles. The molecule has 0 radical (unpaired) electrons. The summed E-state index contributed by atoms with van der Waals surface area (Å²) in [4.78, 5) is 38.7. The number of aromatic nitrogens is 1. The molecule has 232 valence electrons. The summed E-state index contributed by atoms with van der Waals surface area (Å²) in [5, 5.41) is 4.42. The van der Waals surface area contributed by atoms with Gasteiger partial charge in [-0.2, -0.15) is 0 Å². The summed E-state index contributed by atoms with van der Waals surface area (Å²) in [5.41, 5.74) is 4.35. The molecule has 2 aromatic carbocycles. The number of carbonyl (C=O) groups excluding carboxylic acids is 2. The number of aromatic amines is 1. The van der Waals surface area contributed by atoms with Crippen molar-refractivity contribution in [2.75, 3.05) is 44.4 Å². The van der Waals surface area contributed by atoms with Gasteiger partial charge in [-0.05, 0) is 92.1 Å². The first-order valence-electron chi connectivity index (χ1n) is 15.7. The lowest BCUT2D eigenvalue weighted by molar-refractivity contribution is -0.150. The first-order valence-corrected chi connectivity index (χ1v) is 15.7. The number of hydrogen-bond acceptors (Lipinski definition) is 5. The third-order valence-electron chi connectivity index (χ3n) is 10.3. The van der Waals surface area contributed by atoms with Crippen molar-refractivity contribution in [2.24, 2.45) is 11.3 Å². The van der Waals surface area contributed by atoms with Gasteiger partial charge in [-0.3, -0.25) is 9.59 Å². The predicted molar refractivity (Wildman–Crippen MR) is 176 cm³/mol. The summed E-state index contributed by atoms with van der Waals surface area (Å²) in [7, 11) is 6.05. The molecular formula is C36H45N5O3. The van der Waals surface area contributed by atoms with E-state index in [1.165, 1.54) is 10.9 Å². The fourth-order valence-corrected chi connectivity index (χ4v) is 7.43. The van der Waals surface area contributed by atoms with Gasteiger partial charge >= 0.3 is 0 Å². The van der Waals surface area contributed by atoms with Gasteiger partial charge < -0.3 is 29.4 Å². The molecule has 2 amide bonds. The molecule has 1 saturated carbocycles. The number of nitrogens with one attached hydrogen (secondary N) is 2. The number of para-hydroxylation sites is 1. The maximum atomic E-state index is 14.6. The van der Waals surface area contributed by atoms with E-state index in [1.807, 2.05) is 60.3 Å². The van der Waals surface area contributed by atoms with E-state index in [1.54, 1.807) is 6.26 Å². The van der Waals surface area contributed by atoms with Crippen LogP contribution in [0.5, 0.6) is 0 Å². The van der Waals surface area contributed by atoms with Gasteiger partial charge in [-0.15, -0.1) is 0 Å². The van der Waals surface area contributed by atoms with Gasteiger partial charge in [0.25, 0.3) is 0 Å².